The highest BCUT2D eigenvalue weighted by atomic mass is 16.3. The van der Waals surface area contributed by atoms with Crippen LogP contribution in [0.3, 0.4) is 0 Å². The molecule has 286 valence electrons. The lowest BCUT2D eigenvalue weighted by Crippen LogP contribution is -2.43. The van der Waals surface area contributed by atoms with Gasteiger partial charge in [0.1, 0.15) is 17.8 Å². The molecule has 2 atom stereocenters. The molecular formula is C41H44N12O3. The van der Waals surface area contributed by atoms with Crippen LogP contribution in [0.5, 0.6) is 0 Å². The number of hydrogen-bond donors (Lipinski definition) is 3. The Kier molecular flexibility index (Phi) is 10.3. The van der Waals surface area contributed by atoms with Gasteiger partial charge in [-0.1, -0.05) is 29.5 Å². The normalized spacial score (nSPS) is 21.9. The van der Waals surface area contributed by atoms with Crippen molar-refractivity contribution in [2.45, 2.75) is 88.2 Å². The first-order valence-electron chi connectivity index (χ1n) is 19.4. The van der Waals surface area contributed by atoms with Gasteiger partial charge in [-0.15, -0.1) is 5.10 Å². The van der Waals surface area contributed by atoms with Crippen LogP contribution in [-0.2, 0) is 15.2 Å². The summed E-state index contributed by atoms with van der Waals surface area (Å²) < 4.78 is 3.32. The van der Waals surface area contributed by atoms with Crippen molar-refractivity contribution in [2.75, 3.05) is 25.0 Å². The molecule has 1 aromatic carbocycles. The van der Waals surface area contributed by atoms with E-state index in [1.807, 2.05) is 36.5 Å². The number of amides is 2. The van der Waals surface area contributed by atoms with E-state index < -0.39 is 11.6 Å². The summed E-state index contributed by atoms with van der Waals surface area (Å²) in [6.45, 7) is 4.47. The first-order valence-corrected chi connectivity index (χ1v) is 19.4. The Balaban J connectivity index is 0.845. The second-order valence-corrected chi connectivity index (χ2v) is 15.5. The molecule has 4 aromatic heterocycles. The largest absolute Gasteiger partial charge is 0.385 e. The Hall–Kier alpha value is -6.03. The molecule has 5 aromatic rings. The molecule has 3 N–H and O–H groups in total. The van der Waals surface area contributed by atoms with E-state index in [2.05, 4.69) is 53.1 Å². The number of piperidine rings is 2. The minimum atomic E-state index is -0.881. The van der Waals surface area contributed by atoms with Crippen molar-refractivity contribution < 1.29 is 14.7 Å². The smallest absolute Gasteiger partial charge is 0.234 e. The van der Waals surface area contributed by atoms with Gasteiger partial charge in [-0.05, 0) is 87.9 Å². The summed E-state index contributed by atoms with van der Waals surface area (Å²) in [5.74, 6) is 0.673. The lowest BCUT2D eigenvalue weighted by molar-refractivity contribution is -0.134. The predicted molar refractivity (Wildman–Crippen MR) is 205 cm³/mol. The van der Waals surface area contributed by atoms with Gasteiger partial charge in [0.25, 0.3) is 0 Å². The number of likely N-dealkylation sites (tertiary alicyclic amines) is 1. The maximum Gasteiger partial charge on any atom is 0.234 e. The van der Waals surface area contributed by atoms with Gasteiger partial charge in [-0.25, -0.2) is 14.6 Å². The van der Waals surface area contributed by atoms with E-state index in [-0.39, 0.29) is 17.7 Å². The van der Waals surface area contributed by atoms with E-state index in [0.29, 0.717) is 65.9 Å². The number of hydrogen-bond acceptors (Lipinski definition) is 12. The quantitative estimate of drug-likeness (QED) is 0.165. The highest BCUT2D eigenvalue weighted by molar-refractivity contribution is 6.00. The van der Waals surface area contributed by atoms with Gasteiger partial charge >= 0.3 is 0 Å². The molecule has 0 spiro atoms. The predicted octanol–water partition coefficient (Wildman–Crippen LogP) is 4.76. The minimum absolute atomic E-state index is 0.217. The van der Waals surface area contributed by atoms with Crippen molar-refractivity contribution >= 4 is 28.5 Å². The summed E-state index contributed by atoms with van der Waals surface area (Å²) in [4.78, 5) is 35.4. The standard InChI is InChI=1S/C41H44N12O3/c1-26(20-42)47-34-19-37(53-39-31(23-46-53)18-28(21-43)22-45-39)44-24-36(34)52-25-35(49-50-52)30-4-2-27(3-5-30)12-15-51-16-13-41(56,14-17-51)32-8-6-29(7-9-32)33-10-11-38(54)48-40(33)55/h6-9,18-19,22-27,30,33,56H,2-5,10-17H2,1H3,(H,44,47)(H,48,54,55)/t26-,27?,30?,33?/m1/s1. The van der Waals surface area contributed by atoms with E-state index in [4.69, 9.17) is 0 Å². The zero-order valence-corrected chi connectivity index (χ0v) is 31.3. The number of nitrogens with zero attached hydrogens (tertiary/aromatic N) is 10. The summed E-state index contributed by atoms with van der Waals surface area (Å²) >= 11 is 0. The van der Waals surface area contributed by atoms with Gasteiger partial charge in [-0.3, -0.25) is 14.9 Å². The maximum atomic E-state index is 12.3. The van der Waals surface area contributed by atoms with Crippen LogP contribution in [0, 0.1) is 28.6 Å². The molecule has 0 bridgehead atoms. The number of fused-ring (bicyclic) bond motifs is 1. The fourth-order valence-electron chi connectivity index (χ4n) is 8.43. The minimum Gasteiger partial charge on any atom is -0.385 e. The number of imide groups is 1. The monoisotopic (exact) mass is 752 g/mol. The van der Waals surface area contributed by atoms with E-state index in [1.165, 1.54) is 6.20 Å². The van der Waals surface area contributed by atoms with Gasteiger partial charge in [0, 0.05) is 43.1 Å². The van der Waals surface area contributed by atoms with E-state index >= 15 is 0 Å². The SMILES string of the molecule is C[C@H](C#N)Nc1cc(-n2ncc3cc(C#N)cnc32)ncc1-n1cc(C2CCC(CCN3CCC(O)(c4ccc(C5CCC(=O)NC5=O)cc4)CC3)CC2)nn1. The zero-order chi connectivity index (χ0) is 38.8. The van der Waals surface area contributed by atoms with Crippen molar-refractivity contribution in [3.8, 4) is 23.6 Å². The summed E-state index contributed by atoms with van der Waals surface area (Å²) in [5, 5.41) is 50.3. The number of nitriles is 2. The number of carbonyl (C=O) groups is 2. The number of anilines is 1. The van der Waals surface area contributed by atoms with Crippen LogP contribution in [0.15, 0.2) is 61.2 Å². The maximum absolute atomic E-state index is 12.3. The second kappa shape index (κ2) is 15.6. The summed E-state index contributed by atoms with van der Waals surface area (Å²) in [7, 11) is 0. The van der Waals surface area contributed by atoms with Gasteiger partial charge in [0.15, 0.2) is 11.5 Å². The molecule has 2 amide bonds. The molecule has 1 unspecified atom stereocenters. The molecule has 56 heavy (non-hydrogen) atoms. The highest BCUT2D eigenvalue weighted by Gasteiger charge is 2.35. The molecule has 2 aliphatic heterocycles. The Labute approximate surface area is 324 Å². The highest BCUT2D eigenvalue weighted by Crippen LogP contribution is 2.38. The van der Waals surface area contributed by atoms with Crippen molar-refractivity contribution in [1.82, 2.24) is 45.0 Å². The van der Waals surface area contributed by atoms with Crippen molar-refractivity contribution in [3.63, 3.8) is 0 Å². The molecule has 15 nitrogen and oxygen atoms in total. The Morgan fingerprint density at radius 2 is 1.80 bits per heavy atom. The number of aliphatic hydroxyl groups is 1. The average molecular weight is 753 g/mol. The lowest BCUT2D eigenvalue weighted by atomic mass is 9.79. The van der Waals surface area contributed by atoms with Crippen LogP contribution >= 0.6 is 0 Å². The number of benzene rings is 1. The first-order chi connectivity index (χ1) is 27.2. The third kappa shape index (κ3) is 7.60. The fraction of sp³-hybridized carbons (Fsp3) is 0.439. The van der Waals surface area contributed by atoms with Crippen molar-refractivity contribution in [2.24, 2.45) is 5.92 Å². The van der Waals surface area contributed by atoms with Crippen LogP contribution in [0.4, 0.5) is 5.69 Å². The Morgan fingerprint density at radius 3 is 2.54 bits per heavy atom. The molecule has 15 heteroatoms. The number of aromatic nitrogens is 7. The van der Waals surface area contributed by atoms with Crippen LogP contribution in [0.25, 0.3) is 22.5 Å². The summed E-state index contributed by atoms with van der Waals surface area (Å²) in [5.41, 5.74) is 4.17. The van der Waals surface area contributed by atoms with Gasteiger partial charge in [0.05, 0.1) is 53.1 Å². The number of rotatable bonds is 10. The Bertz CT molecular complexity index is 2320. The number of carbonyl (C=O) groups excluding carboxylic acids is 2. The molecule has 6 heterocycles. The van der Waals surface area contributed by atoms with Crippen LogP contribution in [-0.4, -0.2) is 82.2 Å². The lowest BCUT2D eigenvalue weighted by Gasteiger charge is -2.39. The first kappa shape index (κ1) is 36.9. The molecule has 1 aliphatic carbocycles. The molecule has 3 aliphatic rings. The molecule has 1 saturated carbocycles. The summed E-state index contributed by atoms with van der Waals surface area (Å²) in [6, 6.07) is 15.1. The zero-order valence-electron chi connectivity index (χ0n) is 31.3. The molecule has 8 rings (SSSR count). The van der Waals surface area contributed by atoms with Crippen molar-refractivity contribution in [3.05, 3.63) is 83.6 Å². The van der Waals surface area contributed by atoms with Crippen molar-refractivity contribution in [1.29, 1.82) is 10.5 Å². The number of pyridine rings is 2. The average Bonchev–Trinajstić information content (AvgIpc) is 3.89. The van der Waals surface area contributed by atoms with E-state index in [1.54, 1.807) is 34.7 Å². The second-order valence-electron chi connectivity index (χ2n) is 15.5. The summed E-state index contributed by atoms with van der Waals surface area (Å²) in [6.07, 6.45) is 14.5. The topological polar surface area (TPSA) is 204 Å². The molecule has 2 saturated heterocycles. The molecule has 3 fully saturated rings. The Morgan fingerprint density at radius 1 is 1.02 bits per heavy atom. The van der Waals surface area contributed by atoms with Gasteiger partial charge < -0.3 is 15.3 Å². The third-order valence-electron chi connectivity index (χ3n) is 11.8. The fourth-order valence-corrected chi connectivity index (χ4v) is 8.43. The van der Waals surface area contributed by atoms with Crippen LogP contribution in [0.2, 0.25) is 0 Å². The number of nitrogens with one attached hydrogen (secondary N) is 2. The molecule has 0 radical (unpaired) electrons. The van der Waals surface area contributed by atoms with Gasteiger partial charge in [-0.2, -0.15) is 20.3 Å². The van der Waals surface area contributed by atoms with Gasteiger partial charge in [0.2, 0.25) is 11.8 Å². The third-order valence-corrected chi connectivity index (χ3v) is 11.8. The van der Waals surface area contributed by atoms with E-state index in [0.717, 1.165) is 73.9 Å². The van der Waals surface area contributed by atoms with E-state index in [9.17, 15) is 25.2 Å². The van der Waals surface area contributed by atoms with Crippen LogP contribution < -0.4 is 10.6 Å². The molecular weight excluding hydrogens is 709 g/mol. The van der Waals surface area contributed by atoms with Crippen LogP contribution in [0.1, 0.15) is 98.9 Å².